The number of nitrogens with one attached hydrogen (secondary N) is 1. The van der Waals surface area contributed by atoms with Gasteiger partial charge < -0.3 is 5.32 Å². The van der Waals surface area contributed by atoms with Crippen LogP contribution in [0.4, 0.5) is 5.82 Å². The minimum Gasteiger partial charge on any atom is -0.355 e. The van der Waals surface area contributed by atoms with Gasteiger partial charge in [-0.3, -0.25) is 0 Å². The second-order valence-electron chi connectivity index (χ2n) is 2.90. The largest absolute Gasteiger partial charge is 0.355 e. The van der Waals surface area contributed by atoms with Crippen molar-refractivity contribution >= 4 is 17.4 Å². The molecule has 3 nitrogen and oxygen atoms in total. The van der Waals surface area contributed by atoms with Crippen LogP contribution < -0.4 is 5.32 Å². The van der Waals surface area contributed by atoms with E-state index in [0.29, 0.717) is 16.4 Å². The zero-order chi connectivity index (χ0) is 11.3. The number of halogens is 1. The molecule has 1 atom stereocenters. The molecule has 4 heteroatoms. The lowest BCUT2D eigenvalue weighted by Crippen LogP contribution is -2.17. The Bertz CT molecular complexity index is 428. The number of nitriles is 1. The van der Waals surface area contributed by atoms with Crippen molar-refractivity contribution in [3.05, 3.63) is 22.8 Å². The maximum Gasteiger partial charge on any atom is 0.147 e. The van der Waals surface area contributed by atoms with E-state index < -0.39 is 0 Å². The molecule has 0 radical (unpaired) electrons. The van der Waals surface area contributed by atoms with Crippen LogP contribution in [0, 0.1) is 23.7 Å². The fourth-order valence-electron chi connectivity index (χ4n) is 1.06. The first-order valence-electron chi connectivity index (χ1n) is 4.50. The van der Waals surface area contributed by atoms with Gasteiger partial charge in [0.15, 0.2) is 0 Å². The Hall–Kier alpha value is -1.71. The summed E-state index contributed by atoms with van der Waals surface area (Å²) in [4.78, 5) is 4.03. The summed E-state index contributed by atoms with van der Waals surface area (Å²) in [6.45, 7) is 1.96. The zero-order valence-corrected chi connectivity index (χ0v) is 9.04. The molecule has 1 heterocycles. The predicted octanol–water partition coefficient (Wildman–Crippen LogP) is 2.43. The summed E-state index contributed by atoms with van der Waals surface area (Å²) in [5.74, 6) is 3.03. The molecule has 0 spiro atoms. The fraction of sp³-hybridized carbons (Fsp3) is 0.273. The maximum absolute atomic E-state index is 8.76. The molecular weight excluding hydrogens is 210 g/mol. The van der Waals surface area contributed by atoms with Gasteiger partial charge >= 0.3 is 0 Å². The van der Waals surface area contributed by atoms with Gasteiger partial charge in [0.25, 0.3) is 0 Å². The van der Waals surface area contributed by atoms with Crippen LogP contribution in [0.2, 0.25) is 5.02 Å². The van der Waals surface area contributed by atoms with E-state index in [2.05, 4.69) is 16.2 Å². The highest BCUT2D eigenvalue weighted by atomic mass is 35.5. The molecule has 1 N–H and O–H groups in total. The highest BCUT2D eigenvalue weighted by Crippen LogP contribution is 2.23. The van der Waals surface area contributed by atoms with Crippen molar-refractivity contribution in [3.63, 3.8) is 0 Å². The van der Waals surface area contributed by atoms with Gasteiger partial charge in [-0.1, -0.05) is 24.4 Å². The van der Waals surface area contributed by atoms with E-state index in [9.17, 15) is 0 Å². The Labute approximate surface area is 94.1 Å². The van der Waals surface area contributed by atoms with Gasteiger partial charge in [0.1, 0.15) is 16.9 Å². The molecule has 1 aromatic rings. The van der Waals surface area contributed by atoms with Gasteiger partial charge in [0, 0.05) is 6.20 Å². The van der Waals surface area contributed by atoms with Crippen LogP contribution in [-0.2, 0) is 0 Å². The minimum absolute atomic E-state index is 0.121. The molecule has 0 aromatic carbocycles. The minimum atomic E-state index is -0.121. The number of rotatable bonds is 3. The van der Waals surface area contributed by atoms with Crippen molar-refractivity contribution in [1.29, 1.82) is 5.26 Å². The third kappa shape index (κ3) is 2.62. The number of aromatic nitrogens is 1. The number of terminal acetylenes is 1. The molecule has 0 aliphatic heterocycles. The highest BCUT2D eigenvalue weighted by molar-refractivity contribution is 6.34. The maximum atomic E-state index is 8.76. The van der Waals surface area contributed by atoms with Gasteiger partial charge in [0.05, 0.1) is 11.6 Å². The first-order valence-corrected chi connectivity index (χ1v) is 4.88. The molecule has 1 rings (SSSR count). The number of anilines is 1. The van der Waals surface area contributed by atoms with E-state index >= 15 is 0 Å². The Morgan fingerprint density at radius 2 is 2.47 bits per heavy atom. The molecule has 0 bridgehead atoms. The Morgan fingerprint density at radius 1 is 1.73 bits per heavy atom. The van der Waals surface area contributed by atoms with Crippen molar-refractivity contribution in [2.45, 2.75) is 19.4 Å². The summed E-state index contributed by atoms with van der Waals surface area (Å²) in [7, 11) is 0. The fourth-order valence-corrected chi connectivity index (χ4v) is 1.27. The molecule has 1 aromatic heterocycles. The molecule has 0 saturated heterocycles. The van der Waals surface area contributed by atoms with Crippen molar-refractivity contribution in [3.8, 4) is 18.4 Å². The summed E-state index contributed by atoms with van der Waals surface area (Å²) in [5, 5.41) is 12.1. The van der Waals surface area contributed by atoms with E-state index in [-0.39, 0.29) is 6.04 Å². The summed E-state index contributed by atoms with van der Waals surface area (Å²) in [6.07, 6.45) is 7.60. The zero-order valence-electron chi connectivity index (χ0n) is 8.29. The van der Waals surface area contributed by atoms with Gasteiger partial charge in [-0.15, -0.1) is 6.42 Å². The number of pyridine rings is 1. The van der Waals surface area contributed by atoms with E-state index in [1.807, 2.05) is 13.0 Å². The lowest BCUT2D eigenvalue weighted by atomic mass is 10.2. The smallest absolute Gasteiger partial charge is 0.147 e. The van der Waals surface area contributed by atoms with Crippen LogP contribution in [0.15, 0.2) is 12.3 Å². The summed E-state index contributed by atoms with van der Waals surface area (Å²) in [5.41, 5.74) is 0.390. The molecule has 0 fully saturated rings. The first-order chi connectivity index (χ1) is 7.22. The number of hydrogen-bond donors (Lipinski definition) is 1. The molecule has 0 aliphatic carbocycles. The van der Waals surface area contributed by atoms with Crippen LogP contribution in [0.1, 0.15) is 18.9 Å². The van der Waals surface area contributed by atoms with Gasteiger partial charge in [-0.2, -0.15) is 5.26 Å². The third-order valence-electron chi connectivity index (χ3n) is 1.93. The van der Waals surface area contributed by atoms with E-state index in [0.717, 1.165) is 6.42 Å². The van der Waals surface area contributed by atoms with Crippen LogP contribution >= 0.6 is 11.6 Å². The average Bonchev–Trinajstić information content (AvgIpc) is 2.28. The molecule has 1 unspecified atom stereocenters. The lowest BCUT2D eigenvalue weighted by Gasteiger charge is -2.12. The van der Waals surface area contributed by atoms with Gasteiger partial charge in [-0.05, 0) is 12.5 Å². The normalized spacial score (nSPS) is 11.2. The molecule has 15 heavy (non-hydrogen) atoms. The van der Waals surface area contributed by atoms with Crippen molar-refractivity contribution in [1.82, 2.24) is 4.98 Å². The predicted molar refractivity (Wildman–Crippen MR) is 60.5 cm³/mol. The van der Waals surface area contributed by atoms with E-state index in [1.165, 1.54) is 6.20 Å². The Morgan fingerprint density at radius 3 is 3.00 bits per heavy atom. The van der Waals surface area contributed by atoms with Gasteiger partial charge in [-0.25, -0.2) is 4.98 Å². The van der Waals surface area contributed by atoms with Crippen LogP contribution in [0.25, 0.3) is 0 Å². The van der Waals surface area contributed by atoms with Crippen LogP contribution in [-0.4, -0.2) is 11.0 Å². The Kier molecular flexibility index (Phi) is 3.97. The highest BCUT2D eigenvalue weighted by Gasteiger charge is 2.09. The van der Waals surface area contributed by atoms with E-state index in [4.69, 9.17) is 23.3 Å². The van der Waals surface area contributed by atoms with Crippen molar-refractivity contribution in [2.75, 3.05) is 5.32 Å². The number of hydrogen-bond acceptors (Lipinski definition) is 3. The number of nitrogens with zero attached hydrogens (tertiary/aromatic N) is 2. The molecular formula is C11H10ClN3. The second-order valence-corrected chi connectivity index (χ2v) is 3.28. The average molecular weight is 220 g/mol. The van der Waals surface area contributed by atoms with Crippen LogP contribution in [0.3, 0.4) is 0 Å². The molecule has 0 saturated carbocycles. The van der Waals surface area contributed by atoms with Crippen LogP contribution in [0.5, 0.6) is 0 Å². The SMILES string of the molecule is C#CC(CC)Nc1nccc(C#N)c1Cl. The Balaban J connectivity index is 2.97. The molecule has 76 valence electrons. The second kappa shape index (κ2) is 5.24. The van der Waals surface area contributed by atoms with Crippen molar-refractivity contribution < 1.29 is 0 Å². The third-order valence-corrected chi connectivity index (χ3v) is 2.31. The topological polar surface area (TPSA) is 48.7 Å². The monoisotopic (exact) mass is 219 g/mol. The summed E-state index contributed by atoms with van der Waals surface area (Å²) >= 11 is 5.95. The van der Waals surface area contributed by atoms with Crippen molar-refractivity contribution in [2.24, 2.45) is 0 Å². The standard InChI is InChI=1S/C11H10ClN3/c1-3-9(4-2)15-11-10(12)8(7-13)5-6-14-11/h1,5-6,9H,4H2,2H3,(H,14,15). The lowest BCUT2D eigenvalue weighted by molar-refractivity contribution is 0.851. The van der Waals surface area contributed by atoms with E-state index in [1.54, 1.807) is 6.07 Å². The molecule has 0 aliphatic rings. The molecule has 0 amide bonds. The summed E-state index contributed by atoms with van der Waals surface area (Å²) in [6, 6.07) is 3.42. The first kappa shape index (κ1) is 11.4. The summed E-state index contributed by atoms with van der Waals surface area (Å²) < 4.78 is 0. The van der Waals surface area contributed by atoms with Gasteiger partial charge in [0.2, 0.25) is 0 Å². The quantitative estimate of drug-likeness (QED) is 0.795.